The molecule has 0 bridgehead atoms. The Bertz CT molecular complexity index is 295. The van der Waals surface area contributed by atoms with Gasteiger partial charge in [-0.25, -0.2) is 0 Å². The van der Waals surface area contributed by atoms with Crippen LogP contribution < -0.4 is 5.32 Å². The molecule has 2 rings (SSSR count). The fourth-order valence-corrected chi connectivity index (χ4v) is 3.90. The number of thioether (sulfide) groups is 1. The second-order valence-corrected chi connectivity index (χ2v) is 6.92. The van der Waals surface area contributed by atoms with E-state index < -0.39 is 0 Å². The minimum Gasteiger partial charge on any atom is -0.359 e. The molecule has 1 spiro atoms. The van der Waals surface area contributed by atoms with Crippen LogP contribution in [0.15, 0.2) is 4.99 Å². The quantitative estimate of drug-likeness (QED) is 0.850. The van der Waals surface area contributed by atoms with Gasteiger partial charge in [0.1, 0.15) is 0 Å². The number of amidine groups is 1. The third-order valence-electron chi connectivity index (χ3n) is 4.37. The molecule has 2 aliphatic rings. The molecule has 3 nitrogen and oxygen atoms in total. The van der Waals surface area contributed by atoms with Crippen LogP contribution in [-0.4, -0.2) is 48.0 Å². The van der Waals surface area contributed by atoms with Crippen molar-refractivity contribution < 1.29 is 0 Å². The SMILES string of the molecule is CCN(C)CCN=C1NC2(CCC(C)CC2)CS1. The van der Waals surface area contributed by atoms with E-state index in [2.05, 4.69) is 31.1 Å². The molecule has 0 aromatic heterocycles. The molecule has 1 aliphatic carbocycles. The highest BCUT2D eigenvalue weighted by Crippen LogP contribution is 2.38. The summed E-state index contributed by atoms with van der Waals surface area (Å²) in [5.41, 5.74) is 0.382. The Morgan fingerprint density at radius 2 is 2.17 bits per heavy atom. The van der Waals surface area contributed by atoms with Crippen molar-refractivity contribution in [2.75, 3.05) is 32.4 Å². The van der Waals surface area contributed by atoms with E-state index in [-0.39, 0.29) is 0 Å². The molecule has 1 saturated carbocycles. The summed E-state index contributed by atoms with van der Waals surface area (Å²) >= 11 is 1.93. The van der Waals surface area contributed by atoms with Gasteiger partial charge < -0.3 is 10.2 Å². The molecule has 1 aliphatic heterocycles. The summed E-state index contributed by atoms with van der Waals surface area (Å²) < 4.78 is 0. The normalized spacial score (nSPS) is 34.4. The van der Waals surface area contributed by atoms with Crippen LogP contribution in [-0.2, 0) is 0 Å². The summed E-state index contributed by atoms with van der Waals surface area (Å²) in [5.74, 6) is 2.14. The second kappa shape index (κ2) is 6.29. The fourth-order valence-electron chi connectivity index (χ4n) is 2.66. The maximum absolute atomic E-state index is 4.71. The molecule has 1 N–H and O–H groups in total. The molecular weight excluding hydrogens is 242 g/mol. The lowest BCUT2D eigenvalue weighted by molar-refractivity contribution is 0.250. The van der Waals surface area contributed by atoms with Gasteiger partial charge in [0.2, 0.25) is 0 Å². The molecule has 1 heterocycles. The van der Waals surface area contributed by atoms with Crippen LogP contribution in [0.25, 0.3) is 0 Å². The molecule has 0 amide bonds. The fraction of sp³-hybridized carbons (Fsp3) is 0.929. The van der Waals surface area contributed by atoms with Gasteiger partial charge in [-0.2, -0.15) is 0 Å². The smallest absolute Gasteiger partial charge is 0.157 e. The van der Waals surface area contributed by atoms with Crippen molar-refractivity contribution in [3.8, 4) is 0 Å². The first-order valence-electron chi connectivity index (χ1n) is 7.27. The third kappa shape index (κ3) is 3.64. The average molecular weight is 269 g/mol. The van der Waals surface area contributed by atoms with E-state index in [1.807, 2.05) is 11.8 Å². The first kappa shape index (κ1) is 14.2. The summed E-state index contributed by atoms with van der Waals surface area (Å²) in [5, 5.41) is 4.90. The second-order valence-electron chi connectivity index (χ2n) is 5.96. The van der Waals surface area contributed by atoms with Gasteiger partial charge in [-0.3, -0.25) is 4.99 Å². The van der Waals surface area contributed by atoms with Crippen LogP contribution in [0.3, 0.4) is 0 Å². The highest BCUT2D eigenvalue weighted by Gasteiger charge is 2.39. The van der Waals surface area contributed by atoms with Gasteiger partial charge in [-0.15, -0.1) is 0 Å². The molecule has 0 aromatic carbocycles. The van der Waals surface area contributed by atoms with E-state index in [0.717, 1.165) is 25.6 Å². The molecule has 4 heteroatoms. The van der Waals surface area contributed by atoms with Crippen LogP contribution in [0, 0.1) is 5.92 Å². The lowest BCUT2D eigenvalue weighted by atomic mass is 9.78. The molecule has 0 unspecified atom stereocenters. The largest absolute Gasteiger partial charge is 0.359 e. The van der Waals surface area contributed by atoms with Crippen molar-refractivity contribution in [2.45, 2.75) is 45.1 Å². The number of nitrogens with one attached hydrogen (secondary N) is 1. The van der Waals surface area contributed by atoms with Gasteiger partial charge in [0.15, 0.2) is 5.17 Å². The third-order valence-corrected chi connectivity index (χ3v) is 5.57. The molecule has 104 valence electrons. The van der Waals surface area contributed by atoms with Gasteiger partial charge in [0.25, 0.3) is 0 Å². The number of rotatable bonds is 4. The zero-order valence-electron chi connectivity index (χ0n) is 12.0. The Morgan fingerprint density at radius 3 is 2.83 bits per heavy atom. The van der Waals surface area contributed by atoms with Crippen LogP contribution in [0.4, 0.5) is 0 Å². The Labute approximate surface area is 116 Å². The van der Waals surface area contributed by atoms with Crippen molar-refractivity contribution in [1.82, 2.24) is 10.2 Å². The number of likely N-dealkylation sites (N-methyl/N-ethyl adjacent to an activating group) is 1. The molecule has 1 saturated heterocycles. The minimum absolute atomic E-state index is 0.382. The van der Waals surface area contributed by atoms with Crippen molar-refractivity contribution >= 4 is 16.9 Å². The zero-order chi connectivity index (χ0) is 13.0. The summed E-state index contributed by atoms with van der Waals surface area (Å²) in [6.07, 6.45) is 5.41. The molecule has 0 radical (unpaired) electrons. The predicted molar refractivity (Wildman–Crippen MR) is 81.4 cm³/mol. The van der Waals surface area contributed by atoms with Crippen molar-refractivity contribution in [1.29, 1.82) is 0 Å². The Balaban J connectivity index is 1.79. The molecule has 18 heavy (non-hydrogen) atoms. The Hall–Kier alpha value is -0.220. The van der Waals surface area contributed by atoms with Crippen molar-refractivity contribution in [3.63, 3.8) is 0 Å². The topological polar surface area (TPSA) is 27.6 Å². The van der Waals surface area contributed by atoms with Crippen molar-refractivity contribution in [2.24, 2.45) is 10.9 Å². The van der Waals surface area contributed by atoms with Gasteiger partial charge in [0.05, 0.1) is 6.54 Å². The van der Waals surface area contributed by atoms with E-state index >= 15 is 0 Å². The average Bonchev–Trinajstić information content (AvgIpc) is 2.77. The molecule has 2 fully saturated rings. The lowest BCUT2D eigenvalue weighted by Gasteiger charge is -2.35. The van der Waals surface area contributed by atoms with Gasteiger partial charge in [0, 0.05) is 17.8 Å². The Morgan fingerprint density at radius 1 is 1.44 bits per heavy atom. The minimum atomic E-state index is 0.382. The summed E-state index contributed by atoms with van der Waals surface area (Å²) in [4.78, 5) is 7.01. The van der Waals surface area contributed by atoms with E-state index in [1.54, 1.807) is 0 Å². The van der Waals surface area contributed by atoms with Crippen LogP contribution in [0.1, 0.15) is 39.5 Å². The highest BCUT2D eigenvalue weighted by molar-refractivity contribution is 8.14. The summed E-state index contributed by atoms with van der Waals surface area (Å²) in [7, 11) is 2.15. The van der Waals surface area contributed by atoms with Gasteiger partial charge >= 0.3 is 0 Å². The van der Waals surface area contributed by atoms with Crippen LogP contribution >= 0.6 is 11.8 Å². The van der Waals surface area contributed by atoms with E-state index in [1.165, 1.54) is 36.6 Å². The van der Waals surface area contributed by atoms with E-state index in [4.69, 9.17) is 4.99 Å². The number of nitrogens with zero attached hydrogens (tertiary/aromatic N) is 2. The van der Waals surface area contributed by atoms with Crippen LogP contribution in [0.2, 0.25) is 0 Å². The van der Waals surface area contributed by atoms with Crippen LogP contribution in [0.5, 0.6) is 0 Å². The highest BCUT2D eigenvalue weighted by atomic mass is 32.2. The molecular formula is C14H27N3S. The molecule has 0 atom stereocenters. The number of hydrogen-bond donors (Lipinski definition) is 1. The van der Waals surface area contributed by atoms with Gasteiger partial charge in [-0.1, -0.05) is 25.6 Å². The van der Waals surface area contributed by atoms with E-state index in [0.29, 0.717) is 5.54 Å². The number of aliphatic imine (C=N–C) groups is 1. The number of hydrogen-bond acceptors (Lipinski definition) is 3. The maximum atomic E-state index is 4.71. The Kier molecular flexibility index (Phi) is 4.96. The van der Waals surface area contributed by atoms with Gasteiger partial charge in [-0.05, 0) is 45.2 Å². The van der Waals surface area contributed by atoms with E-state index in [9.17, 15) is 0 Å². The maximum Gasteiger partial charge on any atom is 0.157 e. The predicted octanol–water partition coefficient (Wildman–Crippen LogP) is 2.58. The zero-order valence-corrected chi connectivity index (χ0v) is 12.9. The van der Waals surface area contributed by atoms with Crippen molar-refractivity contribution in [3.05, 3.63) is 0 Å². The first-order chi connectivity index (χ1) is 8.63. The lowest BCUT2D eigenvalue weighted by Crippen LogP contribution is -2.46. The monoisotopic (exact) mass is 269 g/mol. The first-order valence-corrected chi connectivity index (χ1v) is 8.26. The summed E-state index contributed by atoms with van der Waals surface area (Å²) in [6, 6.07) is 0. The standard InChI is InChI=1S/C14H27N3S/c1-4-17(3)10-9-15-13-16-14(11-18-13)7-5-12(2)6-8-14/h12H,4-11H2,1-3H3,(H,15,16). The summed E-state index contributed by atoms with van der Waals surface area (Å²) in [6.45, 7) is 7.66. The molecule has 0 aromatic rings.